The van der Waals surface area contributed by atoms with Crippen LogP contribution in [0.25, 0.3) is 0 Å². The number of nitrogens with zero attached hydrogens (tertiary/aromatic N) is 1. The minimum Gasteiger partial charge on any atom is -0.461 e. The lowest BCUT2D eigenvalue weighted by Gasteiger charge is -2.48. The molecule has 0 amide bonds. The molecule has 0 saturated carbocycles. The third-order valence-corrected chi connectivity index (χ3v) is 10.0. The van der Waals surface area contributed by atoms with Gasteiger partial charge in [-0.05, 0) is 30.3 Å². The van der Waals surface area contributed by atoms with E-state index in [4.69, 9.17) is 4.74 Å². The summed E-state index contributed by atoms with van der Waals surface area (Å²) in [5, 5.41) is 0. The quantitative estimate of drug-likeness (QED) is 0.589. The molecule has 0 radical (unpaired) electrons. The van der Waals surface area contributed by atoms with Crippen LogP contribution in [0.4, 0.5) is 5.69 Å². The smallest absolute Gasteiger partial charge is 0.331 e. The van der Waals surface area contributed by atoms with Crippen LogP contribution in [0.3, 0.4) is 0 Å². The van der Waals surface area contributed by atoms with Gasteiger partial charge in [0, 0.05) is 5.69 Å². The summed E-state index contributed by atoms with van der Waals surface area (Å²) >= 11 is 0. The molecule has 0 aromatic heterocycles. The van der Waals surface area contributed by atoms with Gasteiger partial charge in [0.1, 0.15) is 6.61 Å². The van der Waals surface area contributed by atoms with Crippen molar-refractivity contribution in [2.75, 3.05) is 11.2 Å². The van der Waals surface area contributed by atoms with E-state index in [1.165, 1.54) is 23.8 Å². The van der Waals surface area contributed by atoms with Crippen molar-refractivity contribution in [3.8, 4) is 0 Å². The molecule has 0 aliphatic carbocycles. The Labute approximate surface area is 116 Å². The second-order valence-electron chi connectivity index (χ2n) is 5.14. The van der Waals surface area contributed by atoms with Gasteiger partial charge in [-0.3, -0.25) is 0 Å². The van der Waals surface area contributed by atoms with Crippen LogP contribution in [0.2, 0.25) is 18.1 Å². The summed E-state index contributed by atoms with van der Waals surface area (Å²) in [6, 6.07) is 13.8. The van der Waals surface area contributed by atoms with E-state index < -0.39 is 8.24 Å². The van der Waals surface area contributed by atoms with Crippen LogP contribution >= 0.6 is 0 Å². The molecule has 2 rings (SSSR count). The van der Waals surface area contributed by atoms with Crippen molar-refractivity contribution in [2.45, 2.75) is 44.9 Å². The van der Waals surface area contributed by atoms with E-state index in [9.17, 15) is 4.79 Å². The lowest BCUT2D eigenvalue weighted by atomic mass is 10.2. The van der Waals surface area contributed by atoms with Crippen LogP contribution in [-0.4, -0.2) is 26.9 Å². The second-order valence-corrected chi connectivity index (χ2v) is 10.2. The maximum atomic E-state index is 11.8. The number of rotatable bonds is 6. The van der Waals surface area contributed by atoms with Crippen LogP contribution in [-0.2, 0) is 9.53 Å². The fourth-order valence-electron chi connectivity index (χ4n) is 3.04. The first-order valence-electron chi connectivity index (χ1n) is 7.19. The largest absolute Gasteiger partial charge is 0.461 e. The molecule has 0 bridgehead atoms. The first kappa shape index (κ1) is 14.1. The number of carbonyl (C=O) groups is 1. The number of hydrogen-bond donors (Lipinski definition) is 0. The van der Waals surface area contributed by atoms with Gasteiger partial charge in [-0.2, -0.15) is 0 Å². The molecule has 3 nitrogen and oxygen atoms in total. The number of benzene rings is 1. The highest BCUT2D eigenvalue weighted by molar-refractivity contribution is 6.83. The Morgan fingerprint density at radius 2 is 1.74 bits per heavy atom. The van der Waals surface area contributed by atoms with Gasteiger partial charge in [-0.1, -0.05) is 39.0 Å². The van der Waals surface area contributed by atoms with Crippen molar-refractivity contribution < 1.29 is 9.53 Å². The van der Waals surface area contributed by atoms with Crippen LogP contribution in [0, 0.1) is 0 Å². The van der Waals surface area contributed by atoms with Gasteiger partial charge < -0.3 is 9.30 Å². The van der Waals surface area contributed by atoms with E-state index in [2.05, 4.69) is 37.5 Å². The Hall–Kier alpha value is -1.29. The summed E-state index contributed by atoms with van der Waals surface area (Å²) in [7, 11) is -1.63. The summed E-state index contributed by atoms with van der Waals surface area (Å²) in [6.07, 6.45) is 0. The molecule has 1 aliphatic rings. The van der Waals surface area contributed by atoms with E-state index >= 15 is 0 Å². The van der Waals surface area contributed by atoms with E-state index in [1.807, 2.05) is 18.2 Å². The predicted octanol–water partition coefficient (Wildman–Crippen LogP) is 3.42. The summed E-state index contributed by atoms with van der Waals surface area (Å²) in [5.41, 5.74) is 1.18. The highest BCUT2D eigenvalue weighted by atomic mass is 28.3. The van der Waals surface area contributed by atoms with Crippen LogP contribution in [0.1, 0.15) is 20.8 Å². The fraction of sp³-hybridized carbons (Fsp3) is 0.533. The molecular weight excluding hydrogens is 254 g/mol. The zero-order chi connectivity index (χ0) is 13.9. The van der Waals surface area contributed by atoms with E-state index in [0.717, 1.165) is 0 Å². The topological polar surface area (TPSA) is 29.5 Å². The molecule has 1 aromatic carbocycles. The minimum atomic E-state index is -1.63. The summed E-state index contributed by atoms with van der Waals surface area (Å²) in [5.74, 6) is -0.0592. The molecule has 4 heteroatoms. The number of para-hydroxylation sites is 1. The second kappa shape index (κ2) is 5.78. The van der Waals surface area contributed by atoms with Gasteiger partial charge in [0.15, 0.2) is 14.3 Å². The third kappa shape index (κ3) is 2.41. The van der Waals surface area contributed by atoms with E-state index in [0.29, 0.717) is 6.61 Å². The molecule has 1 saturated heterocycles. The highest BCUT2D eigenvalue weighted by Crippen LogP contribution is 2.34. The van der Waals surface area contributed by atoms with Gasteiger partial charge in [-0.25, -0.2) is 4.79 Å². The molecule has 104 valence electrons. The summed E-state index contributed by atoms with van der Waals surface area (Å²) < 4.78 is 7.45. The average molecular weight is 277 g/mol. The fourth-order valence-corrected chi connectivity index (χ4v) is 7.10. The minimum absolute atomic E-state index is 0.0592. The SMILES string of the molecule is CC[Si](CC)(CC)N(c1ccccc1)C1COC1=O. The number of hydrogen-bond acceptors (Lipinski definition) is 3. The molecule has 1 aromatic rings. The van der Waals surface area contributed by atoms with Crippen LogP contribution in [0.15, 0.2) is 30.3 Å². The number of anilines is 1. The van der Waals surface area contributed by atoms with E-state index in [-0.39, 0.29) is 12.0 Å². The van der Waals surface area contributed by atoms with Crippen molar-refractivity contribution in [3.05, 3.63) is 30.3 Å². The zero-order valence-electron chi connectivity index (χ0n) is 12.1. The van der Waals surface area contributed by atoms with Crippen LogP contribution in [0.5, 0.6) is 0 Å². The van der Waals surface area contributed by atoms with Gasteiger partial charge in [0.25, 0.3) is 0 Å². The molecule has 1 heterocycles. The molecule has 0 spiro atoms. The number of carbonyl (C=O) groups excluding carboxylic acids is 1. The lowest BCUT2D eigenvalue weighted by Crippen LogP contribution is -2.65. The summed E-state index contributed by atoms with van der Waals surface area (Å²) in [4.78, 5) is 11.8. The normalized spacial score (nSPS) is 18.7. The Morgan fingerprint density at radius 1 is 1.16 bits per heavy atom. The Morgan fingerprint density at radius 3 is 2.11 bits per heavy atom. The average Bonchev–Trinajstić information content (AvgIpc) is 2.47. The zero-order valence-corrected chi connectivity index (χ0v) is 13.1. The van der Waals surface area contributed by atoms with Crippen molar-refractivity contribution in [1.82, 2.24) is 0 Å². The Balaban J connectivity index is 2.42. The van der Waals surface area contributed by atoms with Gasteiger partial charge in [-0.15, -0.1) is 0 Å². The lowest BCUT2D eigenvalue weighted by molar-refractivity contribution is -0.160. The van der Waals surface area contributed by atoms with Gasteiger partial charge in [0.05, 0.1) is 0 Å². The first-order chi connectivity index (χ1) is 9.18. The summed E-state index contributed by atoms with van der Waals surface area (Å²) in [6.45, 7) is 7.33. The molecule has 1 unspecified atom stereocenters. The standard InChI is InChI=1S/C15H23NO2Si/c1-4-19(5-2,6-3)16(14-12-18-15(14)17)13-10-8-7-9-11-13/h7-11,14H,4-6,12H2,1-3H3. The van der Waals surface area contributed by atoms with Crippen molar-refractivity contribution in [2.24, 2.45) is 0 Å². The molecule has 1 aliphatic heterocycles. The predicted molar refractivity (Wildman–Crippen MR) is 80.9 cm³/mol. The van der Waals surface area contributed by atoms with Crippen LogP contribution < -0.4 is 4.57 Å². The molecular formula is C15H23NO2Si. The van der Waals surface area contributed by atoms with Gasteiger partial charge in [0.2, 0.25) is 0 Å². The van der Waals surface area contributed by atoms with Gasteiger partial charge >= 0.3 is 5.97 Å². The molecule has 19 heavy (non-hydrogen) atoms. The number of cyclic esters (lactones) is 1. The van der Waals surface area contributed by atoms with Crippen molar-refractivity contribution >= 4 is 19.9 Å². The monoisotopic (exact) mass is 277 g/mol. The Bertz CT molecular complexity index is 423. The van der Waals surface area contributed by atoms with Crippen molar-refractivity contribution in [1.29, 1.82) is 0 Å². The number of ether oxygens (including phenoxy) is 1. The molecule has 1 fully saturated rings. The first-order valence-corrected chi connectivity index (χ1v) is 9.76. The Kier molecular flexibility index (Phi) is 4.30. The molecule has 1 atom stereocenters. The maximum absolute atomic E-state index is 11.8. The number of esters is 1. The highest BCUT2D eigenvalue weighted by Gasteiger charge is 2.46. The van der Waals surface area contributed by atoms with E-state index in [1.54, 1.807) is 0 Å². The van der Waals surface area contributed by atoms with Crippen molar-refractivity contribution in [3.63, 3.8) is 0 Å². The molecule has 0 N–H and O–H groups in total. The third-order valence-electron chi connectivity index (χ3n) is 4.49. The maximum Gasteiger partial charge on any atom is 0.331 e.